The summed E-state index contributed by atoms with van der Waals surface area (Å²) in [6.45, 7) is 8.96. The van der Waals surface area contributed by atoms with E-state index in [1.165, 1.54) is 11.8 Å². The molecule has 33 heavy (non-hydrogen) atoms. The van der Waals surface area contributed by atoms with Crippen molar-refractivity contribution in [3.63, 3.8) is 0 Å². The molecule has 2 aromatic carbocycles. The van der Waals surface area contributed by atoms with Crippen molar-refractivity contribution >= 4 is 40.9 Å². The van der Waals surface area contributed by atoms with Crippen LogP contribution in [-0.2, 0) is 9.59 Å². The van der Waals surface area contributed by atoms with Crippen molar-refractivity contribution in [3.05, 3.63) is 52.5 Å². The first kappa shape index (κ1) is 25.2. The maximum absolute atomic E-state index is 13.7. The van der Waals surface area contributed by atoms with Gasteiger partial charge in [-0.3, -0.25) is 9.59 Å². The van der Waals surface area contributed by atoms with Gasteiger partial charge < -0.3 is 19.5 Å². The predicted molar refractivity (Wildman–Crippen MR) is 133 cm³/mol. The van der Waals surface area contributed by atoms with E-state index in [-0.39, 0.29) is 23.0 Å². The number of thioether (sulfide) groups is 1. The Morgan fingerprint density at radius 1 is 1.21 bits per heavy atom. The molecule has 2 atom stereocenters. The number of para-hydroxylation sites is 1. The number of rotatable bonds is 7. The van der Waals surface area contributed by atoms with Crippen LogP contribution in [0.15, 0.2) is 36.4 Å². The van der Waals surface area contributed by atoms with E-state index < -0.39 is 11.2 Å². The normalized spacial score (nSPS) is 18.5. The van der Waals surface area contributed by atoms with E-state index in [0.29, 0.717) is 29.7 Å². The van der Waals surface area contributed by atoms with Crippen LogP contribution in [0.1, 0.15) is 50.5 Å². The molecule has 0 aliphatic carbocycles. The van der Waals surface area contributed by atoms with E-state index in [4.69, 9.17) is 21.1 Å². The van der Waals surface area contributed by atoms with Crippen molar-refractivity contribution in [1.29, 1.82) is 0 Å². The maximum atomic E-state index is 13.7. The third-order valence-corrected chi connectivity index (χ3v) is 6.90. The van der Waals surface area contributed by atoms with Crippen molar-refractivity contribution < 1.29 is 24.2 Å². The smallest absolute Gasteiger partial charge is 0.305 e. The van der Waals surface area contributed by atoms with Crippen LogP contribution >= 0.6 is 23.4 Å². The minimum Gasteiger partial charge on any atom is -0.493 e. The lowest BCUT2D eigenvalue weighted by Gasteiger charge is -2.31. The van der Waals surface area contributed by atoms with Crippen molar-refractivity contribution in [3.8, 4) is 11.5 Å². The molecule has 0 aromatic heterocycles. The Bertz CT molecular complexity index is 1040. The van der Waals surface area contributed by atoms with E-state index in [1.54, 1.807) is 18.1 Å². The number of methoxy groups -OCH3 is 1. The molecule has 178 valence electrons. The molecule has 0 fully saturated rings. The highest BCUT2D eigenvalue weighted by Crippen LogP contribution is 2.51. The molecule has 0 bridgehead atoms. The van der Waals surface area contributed by atoms with Crippen molar-refractivity contribution in [2.24, 2.45) is 5.41 Å². The Morgan fingerprint density at radius 2 is 1.94 bits per heavy atom. The Kier molecular flexibility index (Phi) is 7.85. The second-order valence-corrected chi connectivity index (χ2v) is 10.9. The van der Waals surface area contributed by atoms with Crippen LogP contribution in [0.2, 0.25) is 5.02 Å². The first-order valence-electron chi connectivity index (χ1n) is 10.8. The number of fused-ring (bicyclic) bond motifs is 1. The van der Waals surface area contributed by atoms with Gasteiger partial charge in [-0.2, -0.15) is 0 Å². The highest BCUT2D eigenvalue weighted by Gasteiger charge is 2.39. The first-order valence-corrected chi connectivity index (χ1v) is 12.2. The fourth-order valence-corrected chi connectivity index (χ4v) is 5.63. The Balaban J connectivity index is 2.26. The molecule has 8 heteroatoms. The van der Waals surface area contributed by atoms with Gasteiger partial charge in [0.15, 0.2) is 11.5 Å². The summed E-state index contributed by atoms with van der Waals surface area (Å²) in [6.07, 6.45) is -0.282. The van der Waals surface area contributed by atoms with E-state index in [2.05, 4.69) is 0 Å². The SMILES string of the molecule is CCOc1cccc(C2SC(CC(=O)O)C(=O)N(CC(C)(C)C)c3ccc(Cl)cc32)c1OC. The van der Waals surface area contributed by atoms with E-state index in [0.717, 1.165) is 16.8 Å². The second kappa shape index (κ2) is 10.3. The zero-order valence-corrected chi connectivity index (χ0v) is 21.1. The van der Waals surface area contributed by atoms with Gasteiger partial charge in [-0.15, -0.1) is 11.8 Å². The molecule has 2 aromatic rings. The highest BCUT2D eigenvalue weighted by molar-refractivity contribution is 8.01. The van der Waals surface area contributed by atoms with Crippen LogP contribution in [0.3, 0.4) is 0 Å². The molecule has 0 radical (unpaired) electrons. The number of aliphatic carboxylic acids is 1. The predicted octanol–water partition coefficient (Wildman–Crippen LogP) is 5.81. The van der Waals surface area contributed by atoms with Gasteiger partial charge in [0.25, 0.3) is 0 Å². The van der Waals surface area contributed by atoms with Crippen LogP contribution in [0, 0.1) is 5.41 Å². The van der Waals surface area contributed by atoms with E-state index >= 15 is 0 Å². The standard InChI is InChI=1S/C25H30ClNO5S/c1-6-32-19-9-7-8-16(22(19)31-5)23-17-12-15(26)10-11-18(17)27(14-25(2,3)4)24(30)20(33-23)13-21(28)29/h7-12,20,23H,6,13-14H2,1-5H3,(H,28,29). The number of ether oxygens (including phenoxy) is 2. The van der Waals surface area contributed by atoms with Crippen molar-refractivity contribution in [1.82, 2.24) is 0 Å². The summed E-state index contributed by atoms with van der Waals surface area (Å²) in [7, 11) is 1.58. The lowest BCUT2D eigenvalue weighted by atomic mass is 9.94. The molecular weight excluding hydrogens is 462 g/mol. The first-order chi connectivity index (χ1) is 15.6. The number of carboxylic acids is 1. The molecule has 0 saturated heterocycles. The van der Waals surface area contributed by atoms with Gasteiger partial charge >= 0.3 is 5.97 Å². The lowest BCUT2D eigenvalue weighted by molar-refractivity contribution is -0.138. The van der Waals surface area contributed by atoms with E-state index in [1.807, 2.05) is 58.0 Å². The van der Waals surface area contributed by atoms with Gasteiger partial charge in [0.05, 0.1) is 30.6 Å². The number of carboxylic acid groups (broad SMARTS) is 1. The maximum Gasteiger partial charge on any atom is 0.305 e. The average molecular weight is 492 g/mol. The second-order valence-electron chi connectivity index (χ2n) is 9.10. The van der Waals surface area contributed by atoms with Gasteiger partial charge in [0.2, 0.25) is 5.91 Å². The number of hydrogen-bond acceptors (Lipinski definition) is 5. The summed E-state index contributed by atoms with van der Waals surface area (Å²) in [5.74, 6) is -0.0789. The third kappa shape index (κ3) is 5.76. The Morgan fingerprint density at radius 3 is 2.55 bits per heavy atom. The topological polar surface area (TPSA) is 76.1 Å². The number of benzene rings is 2. The molecule has 0 spiro atoms. The van der Waals surface area contributed by atoms with Crippen LogP contribution in [0.25, 0.3) is 0 Å². The summed E-state index contributed by atoms with van der Waals surface area (Å²) >= 11 is 7.73. The Hall–Kier alpha value is -2.38. The largest absolute Gasteiger partial charge is 0.493 e. The Labute approximate surface area is 204 Å². The molecule has 6 nitrogen and oxygen atoms in total. The molecule has 1 aliphatic heterocycles. The van der Waals surface area contributed by atoms with Gasteiger partial charge in [0, 0.05) is 22.8 Å². The number of hydrogen-bond donors (Lipinski definition) is 1. The number of anilines is 1. The van der Waals surface area contributed by atoms with Crippen molar-refractivity contribution in [2.45, 2.75) is 44.6 Å². The summed E-state index contributed by atoms with van der Waals surface area (Å²) in [5, 5.41) is 8.96. The minimum atomic E-state index is -1.02. The highest BCUT2D eigenvalue weighted by atomic mass is 35.5. The summed E-state index contributed by atoms with van der Waals surface area (Å²) in [4.78, 5) is 27.1. The number of carbonyl (C=O) groups is 2. The fraction of sp³-hybridized carbons (Fsp3) is 0.440. The van der Waals surface area contributed by atoms with Crippen LogP contribution in [-0.4, -0.2) is 42.5 Å². The van der Waals surface area contributed by atoms with Crippen LogP contribution < -0.4 is 14.4 Å². The van der Waals surface area contributed by atoms with Gasteiger partial charge in [-0.1, -0.05) is 44.5 Å². The van der Waals surface area contributed by atoms with E-state index in [9.17, 15) is 14.7 Å². The molecular formula is C25H30ClNO5S. The van der Waals surface area contributed by atoms with Crippen molar-refractivity contribution in [2.75, 3.05) is 25.2 Å². The molecule has 0 saturated carbocycles. The average Bonchev–Trinajstić information content (AvgIpc) is 2.83. The quantitative estimate of drug-likeness (QED) is 0.527. The molecule has 1 amide bonds. The third-order valence-electron chi connectivity index (χ3n) is 5.19. The summed E-state index contributed by atoms with van der Waals surface area (Å²) < 4.78 is 11.5. The van der Waals surface area contributed by atoms with Gasteiger partial charge in [0.1, 0.15) is 0 Å². The molecule has 1 heterocycles. The molecule has 1 N–H and O–H groups in total. The zero-order chi connectivity index (χ0) is 24.3. The zero-order valence-electron chi connectivity index (χ0n) is 19.6. The minimum absolute atomic E-state index is 0.197. The molecule has 2 unspecified atom stereocenters. The van der Waals surface area contributed by atoms with Crippen LogP contribution in [0.4, 0.5) is 5.69 Å². The van der Waals surface area contributed by atoms with Gasteiger partial charge in [-0.05, 0) is 42.2 Å². The molecule has 1 aliphatic rings. The monoisotopic (exact) mass is 491 g/mol. The number of amides is 1. The summed E-state index contributed by atoms with van der Waals surface area (Å²) in [5.41, 5.74) is 2.17. The molecule has 3 rings (SSSR count). The lowest BCUT2D eigenvalue weighted by Crippen LogP contribution is -2.42. The fourth-order valence-electron chi connectivity index (χ4n) is 3.97. The van der Waals surface area contributed by atoms with Gasteiger partial charge in [-0.25, -0.2) is 0 Å². The number of nitrogens with zero attached hydrogens (tertiary/aromatic N) is 1. The van der Waals surface area contributed by atoms with Crippen LogP contribution in [0.5, 0.6) is 11.5 Å². The number of carbonyl (C=O) groups excluding carboxylic acids is 1. The number of halogens is 1. The summed E-state index contributed by atoms with van der Waals surface area (Å²) in [6, 6.07) is 11.1.